The van der Waals surface area contributed by atoms with Crippen LogP contribution in [0.5, 0.6) is 5.75 Å². The molecule has 19 heavy (non-hydrogen) atoms. The second kappa shape index (κ2) is 5.87. The molecule has 0 aliphatic rings. The molecular formula is C17H21NO. The monoisotopic (exact) mass is 255 g/mol. The largest absolute Gasteiger partial charge is 0.493 e. The molecule has 0 saturated heterocycles. The summed E-state index contributed by atoms with van der Waals surface area (Å²) in [4.78, 5) is 4.11. The summed E-state index contributed by atoms with van der Waals surface area (Å²) < 4.78 is 5.94. The molecule has 2 rings (SSSR count). The van der Waals surface area contributed by atoms with Gasteiger partial charge in [0.1, 0.15) is 5.75 Å². The Bertz CT molecular complexity index is 514. The molecule has 0 aliphatic heterocycles. The molecule has 0 aliphatic carbocycles. The van der Waals surface area contributed by atoms with Gasteiger partial charge in [0.25, 0.3) is 0 Å². The van der Waals surface area contributed by atoms with Crippen molar-refractivity contribution in [3.05, 3.63) is 59.9 Å². The van der Waals surface area contributed by atoms with Gasteiger partial charge in [-0.3, -0.25) is 4.98 Å². The molecule has 1 heterocycles. The number of aromatic nitrogens is 1. The molecule has 1 aromatic carbocycles. The average Bonchev–Trinajstić information content (AvgIpc) is 2.39. The van der Waals surface area contributed by atoms with Crippen LogP contribution in [0.15, 0.2) is 48.8 Å². The number of pyridine rings is 1. The van der Waals surface area contributed by atoms with Crippen molar-refractivity contribution in [1.29, 1.82) is 0 Å². The van der Waals surface area contributed by atoms with Crippen molar-refractivity contribution in [1.82, 2.24) is 4.98 Å². The van der Waals surface area contributed by atoms with Gasteiger partial charge in [0.05, 0.1) is 6.61 Å². The molecule has 0 saturated carbocycles. The van der Waals surface area contributed by atoms with E-state index in [2.05, 4.69) is 44.0 Å². The van der Waals surface area contributed by atoms with Crippen LogP contribution in [0.3, 0.4) is 0 Å². The normalized spacial score (nSPS) is 11.3. The molecule has 0 radical (unpaired) electrons. The van der Waals surface area contributed by atoms with E-state index in [1.54, 1.807) is 6.20 Å². The molecule has 2 aromatic rings. The topological polar surface area (TPSA) is 22.1 Å². The SMILES string of the molecule is CC(C)(C)c1ccccc1OCCc1cccnc1. The first-order valence-corrected chi connectivity index (χ1v) is 6.68. The molecule has 2 heteroatoms. The van der Waals surface area contributed by atoms with E-state index in [1.807, 2.05) is 24.4 Å². The van der Waals surface area contributed by atoms with Crippen molar-refractivity contribution in [3.8, 4) is 5.75 Å². The quantitative estimate of drug-likeness (QED) is 0.823. The third-order valence-corrected chi connectivity index (χ3v) is 3.07. The lowest BCUT2D eigenvalue weighted by Gasteiger charge is -2.22. The summed E-state index contributed by atoms with van der Waals surface area (Å²) >= 11 is 0. The standard InChI is InChI=1S/C17H21NO/c1-17(2,3)15-8-4-5-9-16(15)19-12-10-14-7-6-11-18-13-14/h4-9,11,13H,10,12H2,1-3H3. The molecule has 0 fully saturated rings. The molecule has 0 amide bonds. The number of para-hydroxylation sites is 1. The fourth-order valence-electron chi connectivity index (χ4n) is 2.04. The summed E-state index contributed by atoms with van der Waals surface area (Å²) in [5, 5.41) is 0. The van der Waals surface area contributed by atoms with Crippen LogP contribution >= 0.6 is 0 Å². The van der Waals surface area contributed by atoms with E-state index >= 15 is 0 Å². The summed E-state index contributed by atoms with van der Waals surface area (Å²) in [6, 6.07) is 12.3. The second-order valence-electron chi connectivity index (χ2n) is 5.71. The Kier molecular flexibility index (Phi) is 4.20. The predicted molar refractivity (Wildman–Crippen MR) is 78.6 cm³/mol. The van der Waals surface area contributed by atoms with Crippen molar-refractivity contribution in [2.45, 2.75) is 32.6 Å². The fraction of sp³-hybridized carbons (Fsp3) is 0.353. The zero-order chi connectivity index (χ0) is 13.7. The van der Waals surface area contributed by atoms with E-state index < -0.39 is 0 Å². The molecule has 0 bridgehead atoms. The minimum absolute atomic E-state index is 0.102. The Morgan fingerprint density at radius 3 is 2.53 bits per heavy atom. The first kappa shape index (κ1) is 13.6. The van der Waals surface area contributed by atoms with Crippen molar-refractivity contribution in [3.63, 3.8) is 0 Å². The van der Waals surface area contributed by atoms with E-state index in [0.717, 1.165) is 12.2 Å². The minimum atomic E-state index is 0.102. The number of ether oxygens (including phenoxy) is 1. The van der Waals surface area contributed by atoms with Crippen molar-refractivity contribution < 1.29 is 4.74 Å². The third kappa shape index (κ3) is 3.82. The lowest BCUT2D eigenvalue weighted by molar-refractivity contribution is 0.312. The molecule has 1 aromatic heterocycles. The van der Waals surface area contributed by atoms with Gasteiger partial charge in [0.15, 0.2) is 0 Å². The molecular weight excluding hydrogens is 234 g/mol. The van der Waals surface area contributed by atoms with Crippen molar-refractivity contribution in [2.75, 3.05) is 6.61 Å². The van der Waals surface area contributed by atoms with Crippen LogP contribution in [0, 0.1) is 0 Å². The van der Waals surface area contributed by atoms with Gasteiger partial charge in [-0.2, -0.15) is 0 Å². The molecule has 0 spiro atoms. The Hall–Kier alpha value is -1.83. The first-order valence-electron chi connectivity index (χ1n) is 6.68. The van der Waals surface area contributed by atoms with Gasteiger partial charge in [-0.25, -0.2) is 0 Å². The predicted octanol–water partition coefficient (Wildman–Crippen LogP) is 4.00. The number of rotatable bonds is 4. The van der Waals surface area contributed by atoms with Crippen LogP contribution in [0.2, 0.25) is 0 Å². The Labute approximate surface area is 115 Å². The summed E-state index contributed by atoms with van der Waals surface area (Å²) in [6.07, 6.45) is 4.56. The number of hydrogen-bond donors (Lipinski definition) is 0. The molecule has 0 N–H and O–H groups in total. The maximum absolute atomic E-state index is 5.94. The van der Waals surface area contributed by atoms with E-state index in [0.29, 0.717) is 6.61 Å². The van der Waals surface area contributed by atoms with E-state index in [1.165, 1.54) is 11.1 Å². The van der Waals surface area contributed by atoms with Crippen LogP contribution in [0.1, 0.15) is 31.9 Å². The highest BCUT2D eigenvalue weighted by molar-refractivity contribution is 5.38. The maximum Gasteiger partial charge on any atom is 0.123 e. The van der Waals surface area contributed by atoms with Crippen molar-refractivity contribution in [2.24, 2.45) is 0 Å². The van der Waals surface area contributed by atoms with E-state index in [-0.39, 0.29) is 5.41 Å². The summed E-state index contributed by atoms with van der Waals surface area (Å²) in [7, 11) is 0. The summed E-state index contributed by atoms with van der Waals surface area (Å²) in [6.45, 7) is 7.29. The Balaban J connectivity index is 2.00. The van der Waals surface area contributed by atoms with Crippen LogP contribution in [0.25, 0.3) is 0 Å². The van der Waals surface area contributed by atoms with Crippen LogP contribution in [-0.2, 0) is 11.8 Å². The van der Waals surface area contributed by atoms with Crippen LogP contribution < -0.4 is 4.74 Å². The van der Waals surface area contributed by atoms with Gasteiger partial charge in [-0.1, -0.05) is 45.0 Å². The van der Waals surface area contributed by atoms with Crippen molar-refractivity contribution >= 4 is 0 Å². The van der Waals surface area contributed by atoms with E-state index in [9.17, 15) is 0 Å². The molecule has 0 unspecified atom stereocenters. The zero-order valence-corrected chi connectivity index (χ0v) is 11.9. The average molecular weight is 255 g/mol. The Morgan fingerprint density at radius 1 is 1.05 bits per heavy atom. The van der Waals surface area contributed by atoms with Gasteiger partial charge in [0.2, 0.25) is 0 Å². The summed E-state index contributed by atoms with van der Waals surface area (Å²) in [5.74, 6) is 0.985. The number of benzene rings is 1. The lowest BCUT2D eigenvalue weighted by atomic mass is 9.86. The molecule has 2 nitrogen and oxygen atoms in total. The second-order valence-corrected chi connectivity index (χ2v) is 5.71. The lowest BCUT2D eigenvalue weighted by Crippen LogP contribution is -2.14. The van der Waals surface area contributed by atoms with Gasteiger partial charge < -0.3 is 4.74 Å². The smallest absolute Gasteiger partial charge is 0.123 e. The van der Waals surface area contributed by atoms with Crippen LogP contribution in [0.4, 0.5) is 0 Å². The molecule has 100 valence electrons. The number of hydrogen-bond acceptors (Lipinski definition) is 2. The van der Waals surface area contributed by atoms with Gasteiger partial charge >= 0.3 is 0 Å². The highest BCUT2D eigenvalue weighted by atomic mass is 16.5. The maximum atomic E-state index is 5.94. The Morgan fingerprint density at radius 2 is 1.84 bits per heavy atom. The zero-order valence-electron chi connectivity index (χ0n) is 11.9. The van der Waals surface area contributed by atoms with E-state index in [4.69, 9.17) is 4.74 Å². The van der Waals surface area contributed by atoms with Gasteiger partial charge in [0, 0.05) is 18.8 Å². The van der Waals surface area contributed by atoms with Gasteiger partial charge in [-0.05, 0) is 28.7 Å². The van der Waals surface area contributed by atoms with Gasteiger partial charge in [-0.15, -0.1) is 0 Å². The van der Waals surface area contributed by atoms with Crippen LogP contribution in [-0.4, -0.2) is 11.6 Å². The fourth-order valence-corrected chi connectivity index (χ4v) is 2.04. The summed E-state index contributed by atoms with van der Waals surface area (Å²) in [5.41, 5.74) is 2.56. The minimum Gasteiger partial charge on any atom is -0.493 e. The molecule has 0 atom stereocenters. The number of nitrogens with zero attached hydrogens (tertiary/aromatic N) is 1. The third-order valence-electron chi connectivity index (χ3n) is 3.07. The highest BCUT2D eigenvalue weighted by Gasteiger charge is 2.18. The highest BCUT2D eigenvalue weighted by Crippen LogP contribution is 2.30. The first-order chi connectivity index (χ1) is 9.07.